The van der Waals surface area contributed by atoms with E-state index in [-0.39, 0.29) is 5.91 Å². The van der Waals surface area contributed by atoms with Crippen LogP contribution in [0.2, 0.25) is 0 Å². The zero-order valence-corrected chi connectivity index (χ0v) is 11.4. The number of nitrogen functional groups attached to an aromatic ring is 1. The van der Waals surface area contributed by atoms with Crippen molar-refractivity contribution in [2.75, 3.05) is 5.43 Å². The number of nitrogens with one attached hydrogen (secondary N) is 2. The SMILES string of the molecule is CC1CCCC(C)N1NC(=O)c1cc(NN)ccn1. The van der Waals surface area contributed by atoms with E-state index in [0.717, 1.165) is 12.8 Å². The van der Waals surface area contributed by atoms with Crippen LogP contribution in [-0.2, 0) is 0 Å². The molecular weight excluding hydrogens is 242 g/mol. The van der Waals surface area contributed by atoms with Crippen molar-refractivity contribution in [3.8, 4) is 0 Å². The van der Waals surface area contributed by atoms with Gasteiger partial charge in [-0.3, -0.25) is 21.0 Å². The minimum Gasteiger partial charge on any atom is -0.324 e. The van der Waals surface area contributed by atoms with Gasteiger partial charge in [-0.25, -0.2) is 5.01 Å². The van der Waals surface area contributed by atoms with Gasteiger partial charge < -0.3 is 5.43 Å². The fraction of sp³-hybridized carbons (Fsp3) is 0.538. The Morgan fingerprint density at radius 3 is 2.74 bits per heavy atom. The fourth-order valence-corrected chi connectivity index (χ4v) is 2.46. The number of carbonyl (C=O) groups is 1. The molecule has 0 aromatic carbocycles. The van der Waals surface area contributed by atoms with Crippen LogP contribution in [0.3, 0.4) is 0 Å². The van der Waals surface area contributed by atoms with Gasteiger partial charge in [0.25, 0.3) is 5.91 Å². The van der Waals surface area contributed by atoms with E-state index < -0.39 is 0 Å². The molecule has 2 heterocycles. The summed E-state index contributed by atoms with van der Waals surface area (Å²) in [4.78, 5) is 16.3. The maximum atomic E-state index is 12.2. The number of nitrogens with two attached hydrogens (primary N) is 1. The van der Waals surface area contributed by atoms with Gasteiger partial charge in [0, 0.05) is 18.3 Å². The molecule has 0 saturated carbocycles. The second-order valence-corrected chi connectivity index (χ2v) is 5.05. The number of hydrazine groups is 2. The Balaban J connectivity index is 2.07. The second kappa shape index (κ2) is 5.99. The molecule has 1 amide bonds. The van der Waals surface area contributed by atoms with Crippen LogP contribution >= 0.6 is 0 Å². The molecular formula is C13H21N5O. The summed E-state index contributed by atoms with van der Waals surface area (Å²) in [6.07, 6.45) is 4.97. The van der Waals surface area contributed by atoms with E-state index in [2.05, 4.69) is 29.7 Å². The van der Waals surface area contributed by atoms with Crippen molar-refractivity contribution < 1.29 is 4.79 Å². The second-order valence-electron chi connectivity index (χ2n) is 5.05. The highest BCUT2D eigenvalue weighted by Crippen LogP contribution is 2.20. The Labute approximate surface area is 113 Å². The molecule has 1 aliphatic heterocycles. The first-order valence-electron chi connectivity index (χ1n) is 6.64. The van der Waals surface area contributed by atoms with Crippen LogP contribution in [-0.4, -0.2) is 28.0 Å². The van der Waals surface area contributed by atoms with Crippen molar-refractivity contribution in [2.45, 2.75) is 45.2 Å². The largest absolute Gasteiger partial charge is 0.324 e. The molecule has 1 saturated heterocycles. The number of carbonyl (C=O) groups excluding carboxylic acids is 1. The Bertz CT molecular complexity index is 440. The first-order valence-corrected chi connectivity index (χ1v) is 6.64. The van der Waals surface area contributed by atoms with Gasteiger partial charge >= 0.3 is 0 Å². The lowest BCUT2D eigenvalue weighted by Crippen LogP contribution is -2.54. The molecule has 0 spiro atoms. The lowest BCUT2D eigenvalue weighted by Gasteiger charge is -2.38. The maximum Gasteiger partial charge on any atom is 0.284 e. The predicted octanol–water partition coefficient (Wildman–Crippen LogP) is 1.27. The molecule has 2 unspecified atom stereocenters. The van der Waals surface area contributed by atoms with Crippen molar-refractivity contribution in [1.82, 2.24) is 15.4 Å². The topological polar surface area (TPSA) is 83.3 Å². The molecule has 0 radical (unpaired) electrons. The molecule has 6 heteroatoms. The number of rotatable bonds is 3. The van der Waals surface area contributed by atoms with Crippen molar-refractivity contribution in [3.63, 3.8) is 0 Å². The van der Waals surface area contributed by atoms with Gasteiger partial charge in [0.1, 0.15) is 5.69 Å². The molecule has 104 valence electrons. The summed E-state index contributed by atoms with van der Waals surface area (Å²) in [7, 11) is 0. The number of nitrogens with zero attached hydrogens (tertiary/aromatic N) is 2. The van der Waals surface area contributed by atoms with Gasteiger partial charge in [-0.1, -0.05) is 6.42 Å². The summed E-state index contributed by atoms with van der Waals surface area (Å²) in [5.74, 6) is 5.13. The summed E-state index contributed by atoms with van der Waals surface area (Å²) >= 11 is 0. The highest BCUT2D eigenvalue weighted by molar-refractivity contribution is 5.92. The first kappa shape index (κ1) is 13.8. The molecule has 6 nitrogen and oxygen atoms in total. The number of amides is 1. The Kier molecular flexibility index (Phi) is 4.34. The summed E-state index contributed by atoms with van der Waals surface area (Å²) in [5, 5.41) is 2.02. The van der Waals surface area contributed by atoms with Crippen molar-refractivity contribution in [3.05, 3.63) is 24.0 Å². The molecule has 0 aliphatic carbocycles. The van der Waals surface area contributed by atoms with Crippen LogP contribution in [0.25, 0.3) is 0 Å². The predicted molar refractivity (Wildman–Crippen MR) is 74.1 cm³/mol. The third-order valence-electron chi connectivity index (χ3n) is 3.58. The normalized spacial score (nSPS) is 23.9. The quantitative estimate of drug-likeness (QED) is 0.565. The number of pyridine rings is 1. The number of anilines is 1. The Hall–Kier alpha value is -1.66. The first-order chi connectivity index (χ1) is 9.11. The lowest BCUT2D eigenvalue weighted by molar-refractivity contribution is 0.0366. The number of aromatic nitrogens is 1. The molecule has 1 fully saturated rings. The lowest BCUT2D eigenvalue weighted by atomic mass is 10.00. The van der Waals surface area contributed by atoms with Crippen molar-refractivity contribution >= 4 is 11.6 Å². The van der Waals surface area contributed by atoms with Crippen LogP contribution in [0, 0.1) is 0 Å². The smallest absolute Gasteiger partial charge is 0.284 e. The van der Waals surface area contributed by atoms with Crippen LogP contribution < -0.4 is 16.7 Å². The zero-order valence-electron chi connectivity index (χ0n) is 11.4. The van der Waals surface area contributed by atoms with E-state index in [9.17, 15) is 4.79 Å². The maximum absolute atomic E-state index is 12.2. The molecule has 1 aromatic rings. The van der Waals surface area contributed by atoms with Gasteiger partial charge in [-0.05, 0) is 38.8 Å². The molecule has 0 bridgehead atoms. The fourth-order valence-electron chi connectivity index (χ4n) is 2.46. The van der Waals surface area contributed by atoms with E-state index in [1.807, 2.05) is 5.01 Å². The number of piperidine rings is 1. The summed E-state index contributed by atoms with van der Waals surface area (Å²) in [6, 6.07) is 4.05. The zero-order chi connectivity index (χ0) is 13.8. The van der Waals surface area contributed by atoms with Crippen LogP contribution in [0.15, 0.2) is 18.3 Å². The summed E-state index contributed by atoms with van der Waals surface area (Å²) < 4.78 is 0. The van der Waals surface area contributed by atoms with E-state index in [1.54, 1.807) is 18.3 Å². The minimum absolute atomic E-state index is 0.197. The van der Waals surface area contributed by atoms with E-state index in [4.69, 9.17) is 5.84 Å². The van der Waals surface area contributed by atoms with Gasteiger partial charge in [-0.15, -0.1) is 0 Å². The van der Waals surface area contributed by atoms with E-state index in [1.165, 1.54) is 6.42 Å². The average Bonchev–Trinajstić information content (AvgIpc) is 2.43. The van der Waals surface area contributed by atoms with E-state index >= 15 is 0 Å². The highest BCUT2D eigenvalue weighted by Gasteiger charge is 2.26. The standard InChI is InChI=1S/C13H21N5O/c1-9-4-3-5-10(2)18(9)17-13(19)12-8-11(16-14)6-7-15-12/h6-10H,3-5,14H2,1-2H3,(H,15,16)(H,17,19). The van der Waals surface area contributed by atoms with E-state index in [0.29, 0.717) is 23.5 Å². The summed E-state index contributed by atoms with van der Waals surface area (Å²) in [5.41, 5.74) is 6.49. The van der Waals surface area contributed by atoms with Crippen LogP contribution in [0.1, 0.15) is 43.6 Å². The van der Waals surface area contributed by atoms with Gasteiger partial charge in [0.15, 0.2) is 0 Å². The van der Waals surface area contributed by atoms with Gasteiger partial charge in [-0.2, -0.15) is 0 Å². The Morgan fingerprint density at radius 2 is 2.11 bits per heavy atom. The van der Waals surface area contributed by atoms with Crippen LogP contribution in [0.4, 0.5) is 5.69 Å². The van der Waals surface area contributed by atoms with Gasteiger partial charge in [0.2, 0.25) is 0 Å². The molecule has 1 aromatic heterocycles. The monoisotopic (exact) mass is 263 g/mol. The third-order valence-corrected chi connectivity index (χ3v) is 3.58. The Morgan fingerprint density at radius 1 is 1.42 bits per heavy atom. The molecule has 2 rings (SSSR count). The molecule has 4 N–H and O–H groups in total. The summed E-state index contributed by atoms with van der Waals surface area (Å²) in [6.45, 7) is 4.25. The van der Waals surface area contributed by atoms with Crippen molar-refractivity contribution in [2.24, 2.45) is 5.84 Å². The third kappa shape index (κ3) is 3.21. The highest BCUT2D eigenvalue weighted by atomic mass is 16.2. The van der Waals surface area contributed by atoms with Crippen molar-refractivity contribution in [1.29, 1.82) is 0 Å². The number of hydrogen-bond donors (Lipinski definition) is 3. The minimum atomic E-state index is -0.197. The molecule has 19 heavy (non-hydrogen) atoms. The van der Waals surface area contributed by atoms with Crippen LogP contribution in [0.5, 0.6) is 0 Å². The average molecular weight is 263 g/mol. The van der Waals surface area contributed by atoms with Gasteiger partial charge in [0.05, 0.1) is 5.69 Å². The number of hydrogen-bond acceptors (Lipinski definition) is 5. The molecule has 2 atom stereocenters. The molecule has 1 aliphatic rings.